The van der Waals surface area contributed by atoms with Crippen molar-refractivity contribution in [1.29, 1.82) is 0 Å². The molecule has 1 unspecified atom stereocenters. The Hall–Kier alpha value is -1.52. The first-order valence-corrected chi connectivity index (χ1v) is 11.2. The molecule has 0 aliphatic heterocycles. The van der Waals surface area contributed by atoms with Gasteiger partial charge in [0.15, 0.2) is 0 Å². The SMILES string of the molecule is CC(C)c1cccc(C2(NCC[C@@H](N)CC3=CC(F)=CC(F)C3)CCCCC2)c1. The van der Waals surface area contributed by atoms with Gasteiger partial charge in [-0.2, -0.15) is 0 Å². The maximum atomic E-state index is 13.5. The highest BCUT2D eigenvalue weighted by molar-refractivity contribution is 5.32. The van der Waals surface area contributed by atoms with Crippen molar-refractivity contribution in [1.82, 2.24) is 5.32 Å². The Kier molecular flexibility index (Phi) is 7.64. The van der Waals surface area contributed by atoms with Gasteiger partial charge in [0.2, 0.25) is 0 Å². The van der Waals surface area contributed by atoms with Gasteiger partial charge < -0.3 is 11.1 Å². The number of benzene rings is 1. The van der Waals surface area contributed by atoms with E-state index in [0.29, 0.717) is 12.3 Å². The highest BCUT2D eigenvalue weighted by atomic mass is 19.1. The topological polar surface area (TPSA) is 38.0 Å². The standard InChI is InChI=1S/C25H36F2N2/c1-18(2)20-7-6-8-21(16-20)25(10-4-3-5-11-25)29-12-9-24(28)15-19-13-22(26)17-23(27)14-19/h6-8,13,16-18,23-24,29H,3-5,9-12,14-15,28H2,1-2H3/t23?,24-/m1/s1. The Balaban J connectivity index is 1.61. The van der Waals surface area contributed by atoms with Gasteiger partial charge in [-0.3, -0.25) is 0 Å². The van der Waals surface area contributed by atoms with Gasteiger partial charge in [0, 0.05) is 18.0 Å². The quantitative estimate of drug-likeness (QED) is 0.544. The number of hydrogen-bond acceptors (Lipinski definition) is 2. The zero-order chi connectivity index (χ0) is 20.9. The molecule has 1 fully saturated rings. The molecule has 0 aromatic heterocycles. The molecule has 2 aliphatic rings. The van der Waals surface area contributed by atoms with Crippen LogP contribution in [0.2, 0.25) is 0 Å². The van der Waals surface area contributed by atoms with Crippen molar-refractivity contribution in [3.63, 3.8) is 0 Å². The number of alkyl halides is 1. The molecule has 1 aromatic rings. The fraction of sp³-hybridized carbons (Fsp3) is 0.600. The minimum Gasteiger partial charge on any atom is -0.327 e. The summed E-state index contributed by atoms with van der Waals surface area (Å²) in [6, 6.07) is 8.93. The largest absolute Gasteiger partial charge is 0.327 e. The van der Waals surface area contributed by atoms with E-state index in [2.05, 4.69) is 43.4 Å². The number of nitrogens with one attached hydrogen (secondary N) is 1. The molecular formula is C25H36F2N2. The third-order valence-corrected chi connectivity index (χ3v) is 6.46. The second kappa shape index (κ2) is 9.99. The smallest absolute Gasteiger partial charge is 0.125 e. The summed E-state index contributed by atoms with van der Waals surface area (Å²) >= 11 is 0. The molecule has 2 aliphatic carbocycles. The van der Waals surface area contributed by atoms with Crippen LogP contribution in [0.15, 0.2) is 47.8 Å². The summed E-state index contributed by atoms with van der Waals surface area (Å²) in [7, 11) is 0. The van der Waals surface area contributed by atoms with Crippen LogP contribution in [0, 0.1) is 0 Å². The molecule has 4 heteroatoms. The van der Waals surface area contributed by atoms with E-state index < -0.39 is 12.0 Å². The van der Waals surface area contributed by atoms with Crippen molar-refractivity contribution in [2.24, 2.45) is 5.73 Å². The van der Waals surface area contributed by atoms with E-state index in [1.54, 1.807) is 0 Å². The summed E-state index contributed by atoms with van der Waals surface area (Å²) in [5.74, 6) is 0.0387. The zero-order valence-electron chi connectivity index (χ0n) is 17.9. The van der Waals surface area contributed by atoms with Gasteiger partial charge in [0.05, 0.1) is 0 Å². The number of halogens is 2. The van der Waals surface area contributed by atoms with Crippen molar-refractivity contribution >= 4 is 0 Å². The molecule has 2 atom stereocenters. The summed E-state index contributed by atoms with van der Waals surface area (Å²) in [4.78, 5) is 0. The van der Waals surface area contributed by atoms with Gasteiger partial charge in [0.1, 0.15) is 12.0 Å². The zero-order valence-corrected chi connectivity index (χ0v) is 17.9. The van der Waals surface area contributed by atoms with Crippen molar-refractivity contribution < 1.29 is 8.78 Å². The fourth-order valence-electron chi connectivity index (χ4n) is 4.78. The predicted molar refractivity (Wildman–Crippen MR) is 117 cm³/mol. The van der Waals surface area contributed by atoms with Crippen LogP contribution in [-0.4, -0.2) is 18.8 Å². The van der Waals surface area contributed by atoms with Crippen molar-refractivity contribution in [3.8, 4) is 0 Å². The second-order valence-electron chi connectivity index (χ2n) is 9.18. The molecule has 0 saturated heterocycles. The van der Waals surface area contributed by atoms with Crippen LogP contribution in [0.1, 0.15) is 82.3 Å². The van der Waals surface area contributed by atoms with Gasteiger partial charge in [-0.1, -0.05) is 62.9 Å². The minimum absolute atomic E-state index is 0.0197. The van der Waals surface area contributed by atoms with E-state index in [-0.39, 0.29) is 18.0 Å². The number of rotatable bonds is 8. The summed E-state index contributed by atoms with van der Waals surface area (Å²) in [5, 5.41) is 3.84. The summed E-state index contributed by atoms with van der Waals surface area (Å²) < 4.78 is 27.0. The van der Waals surface area contributed by atoms with E-state index in [0.717, 1.165) is 37.5 Å². The Morgan fingerprint density at radius 2 is 1.97 bits per heavy atom. The summed E-state index contributed by atoms with van der Waals surface area (Å²) in [6.07, 6.45) is 8.94. The lowest BCUT2D eigenvalue weighted by Crippen LogP contribution is -2.45. The Labute approximate surface area is 174 Å². The van der Waals surface area contributed by atoms with E-state index in [1.807, 2.05) is 0 Å². The first-order chi connectivity index (χ1) is 13.9. The lowest BCUT2D eigenvalue weighted by Gasteiger charge is -2.40. The van der Waals surface area contributed by atoms with Gasteiger partial charge in [-0.05, 0) is 61.4 Å². The Bertz CT molecular complexity index is 732. The average molecular weight is 403 g/mol. The van der Waals surface area contributed by atoms with Crippen LogP contribution in [0.3, 0.4) is 0 Å². The van der Waals surface area contributed by atoms with Crippen molar-refractivity contribution in [2.75, 3.05) is 6.54 Å². The predicted octanol–water partition coefficient (Wildman–Crippen LogP) is 6.19. The third kappa shape index (κ3) is 5.99. The van der Waals surface area contributed by atoms with Crippen LogP contribution >= 0.6 is 0 Å². The van der Waals surface area contributed by atoms with Gasteiger partial charge in [0.25, 0.3) is 0 Å². The summed E-state index contributed by atoms with van der Waals surface area (Å²) in [6.45, 7) is 5.29. The molecule has 0 bridgehead atoms. The minimum atomic E-state index is -1.22. The molecule has 0 heterocycles. The van der Waals surface area contributed by atoms with Crippen molar-refractivity contribution in [3.05, 3.63) is 58.9 Å². The van der Waals surface area contributed by atoms with Crippen LogP contribution < -0.4 is 11.1 Å². The van der Waals surface area contributed by atoms with Crippen LogP contribution in [-0.2, 0) is 5.54 Å². The fourth-order valence-corrected chi connectivity index (χ4v) is 4.78. The molecule has 0 amide bonds. The Morgan fingerprint density at radius 1 is 1.21 bits per heavy atom. The molecule has 160 valence electrons. The second-order valence-corrected chi connectivity index (χ2v) is 9.18. The highest BCUT2D eigenvalue weighted by Gasteiger charge is 2.33. The van der Waals surface area contributed by atoms with E-state index >= 15 is 0 Å². The maximum Gasteiger partial charge on any atom is 0.125 e. The molecule has 1 saturated carbocycles. The van der Waals surface area contributed by atoms with Gasteiger partial charge in [-0.15, -0.1) is 0 Å². The molecule has 1 aromatic carbocycles. The first-order valence-electron chi connectivity index (χ1n) is 11.2. The van der Waals surface area contributed by atoms with E-state index in [1.165, 1.54) is 36.5 Å². The van der Waals surface area contributed by atoms with Crippen molar-refractivity contribution in [2.45, 2.75) is 88.9 Å². The molecular weight excluding hydrogens is 366 g/mol. The molecule has 2 nitrogen and oxygen atoms in total. The highest BCUT2D eigenvalue weighted by Crippen LogP contribution is 2.38. The number of nitrogens with two attached hydrogens (primary N) is 1. The van der Waals surface area contributed by atoms with Crippen LogP contribution in [0.5, 0.6) is 0 Å². The lowest BCUT2D eigenvalue weighted by atomic mass is 9.75. The molecule has 0 spiro atoms. The number of hydrogen-bond donors (Lipinski definition) is 2. The lowest BCUT2D eigenvalue weighted by molar-refractivity contribution is 0.231. The van der Waals surface area contributed by atoms with Gasteiger partial charge >= 0.3 is 0 Å². The monoisotopic (exact) mass is 402 g/mol. The average Bonchev–Trinajstić information content (AvgIpc) is 2.68. The van der Waals surface area contributed by atoms with E-state index in [4.69, 9.17) is 5.73 Å². The normalized spacial score (nSPS) is 22.9. The maximum absolute atomic E-state index is 13.5. The van der Waals surface area contributed by atoms with Crippen LogP contribution in [0.25, 0.3) is 0 Å². The number of allylic oxidation sites excluding steroid dienone is 3. The third-order valence-electron chi connectivity index (χ3n) is 6.46. The first kappa shape index (κ1) is 22.2. The molecule has 3 rings (SSSR count). The van der Waals surface area contributed by atoms with Gasteiger partial charge in [-0.25, -0.2) is 8.78 Å². The van der Waals surface area contributed by atoms with E-state index in [9.17, 15) is 8.78 Å². The molecule has 3 N–H and O–H groups in total. The summed E-state index contributed by atoms with van der Waals surface area (Å²) in [5.41, 5.74) is 9.88. The molecule has 0 radical (unpaired) electrons. The molecule has 29 heavy (non-hydrogen) atoms. The van der Waals surface area contributed by atoms with Crippen LogP contribution in [0.4, 0.5) is 8.78 Å². The Morgan fingerprint density at radius 3 is 2.66 bits per heavy atom.